The van der Waals surface area contributed by atoms with Gasteiger partial charge in [0.05, 0.1) is 0 Å². The molecule has 4 nitrogen and oxygen atoms in total. The molecule has 0 unspecified atom stereocenters. The maximum Gasteiger partial charge on any atom is 0.356 e. The smallest absolute Gasteiger partial charge is 0.356 e. The van der Waals surface area contributed by atoms with E-state index in [0.717, 1.165) is 5.69 Å². The van der Waals surface area contributed by atoms with Crippen LogP contribution in [0.1, 0.15) is 55.8 Å². The van der Waals surface area contributed by atoms with Crippen molar-refractivity contribution in [3.8, 4) is 0 Å². The minimum absolute atomic E-state index is 0.127. The van der Waals surface area contributed by atoms with Crippen molar-refractivity contribution in [2.45, 2.75) is 39.7 Å². The van der Waals surface area contributed by atoms with E-state index < -0.39 is 5.97 Å². The third-order valence-electron chi connectivity index (χ3n) is 2.06. The van der Waals surface area contributed by atoms with Crippen LogP contribution in [0, 0.1) is 0 Å². The second-order valence-electron chi connectivity index (χ2n) is 3.95. The average Bonchev–Trinajstić information content (AvgIpc) is 2.47. The second-order valence-corrected chi connectivity index (χ2v) is 3.95. The maximum absolute atomic E-state index is 10.7. The van der Waals surface area contributed by atoms with Gasteiger partial charge in [0, 0.05) is 11.7 Å². The van der Waals surface area contributed by atoms with Crippen molar-refractivity contribution in [3.63, 3.8) is 0 Å². The number of hydrogen-bond acceptors (Lipinski definition) is 2. The first-order valence-electron chi connectivity index (χ1n) is 4.76. The standard InChI is InChI=1S/C10H16N2O2/c1-6(2)9-5-8(10(13)14)11-12(9)7(3)4/h5-7H,1-4H3,(H,13,14). The summed E-state index contributed by atoms with van der Waals surface area (Å²) in [6.45, 7) is 8.04. The van der Waals surface area contributed by atoms with E-state index in [4.69, 9.17) is 5.11 Å². The number of carboxylic acid groups (broad SMARTS) is 1. The minimum Gasteiger partial charge on any atom is -0.476 e. The molecule has 4 heteroatoms. The number of hydrogen-bond donors (Lipinski definition) is 1. The van der Waals surface area contributed by atoms with Gasteiger partial charge in [-0.25, -0.2) is 4.79 Å². The van der Waals surface area contributed by atoms with Crippen LogP contribution in [0.2, 0.25) is 0 Å². The molecule has 0 amide bonds. The lowest BCUT2D eigenvalue weighted by Crippen LogP contribution is -2.09. The normalized spacial score (nSPS) is 11.3. The van der Waals surface area contributed by atoms with Crippen LogP contribution in [0.4, 0.5) is 0 Å². The molecule has 0 saturated carbocycles. The van der Waals surface area contributed by atoms with Crippen LogP contribution in [-0.4, -0.2) is 20.9 Å². The van der Waals surface area contributed by atoms with E-state index in [1.807, 2.05) is 27.7 Å². The van der Waals surface area contributed by atoms with Crippen LogP contribution in [0.25, 0.3) is 0 Å². The molecule has 0 saturated heterocycles. The molecule has 0 aliphatic rings. The number of rotatable bonds is 3. The Morgan fingerprint density at radius 1 is 1.43 bits per heavy atom. The molecule has 14 heavy (non-hydrogen) atoms. The van der Waals surface area contributed by atoms with Crippen molar-refractivity contribution < 1.29 is 9.90 Å². The summed E-state index contributed by atoms with van der Waals surface area (Å²) in [5, 5.41) is 12.9. The summed E-state index contributed by atoms with van der Waals surface area (Å²) >= 11 is 0. The molecule has 1 heterocycles. The van der Waals surface area contributed by atoms with E-state index in [0.29, 0.717) is 0 Å². The highest BCUT2D eigenvalue weighted by atomic mass is 16.4. The Bertz CT molecular complexity index is 314. The lowest BCUT2D eigenvalue weighted by molar-refractivity contribution is 0.0689. The fourth-order valence-corrected chi connectivity index (χ4v) is 1.36. The highest BCUT2D eigenvalue weighted by Crippen LogP contribution is 2.19. The van der Waals surface area contributed by atoms with E-state index in [1.165, 1.54) is 0 Å². The molecule has 0 aromatic carbocycles. The largest absolute Gasteiger partial charge is 0.476 e. The van der Waals surface area contributed by atoms with Crippen LogP contribution in [0.15, 0.2) is 6.07 Å². The summed E-state index contributed by atoms with van der Waals surface area (Å²) in [4.78, 5) is 10.7. The van der Waals surface area contributed by atoms with Crippen molar-refractivity contribution in [2.75, 3.05) is 0 Å². The molecule has 78 valence electrons. The number of aromatic nitrogens is 2. The lowest BCUT2D eigenvalue weighted by atomic mass is 10.1. The number of carboxylic acids is 1. The molecule has 0 bridgehead atoms. The highest BCUT2D eigenvalue weighted by Gasteiger charge is 2.16. The van der Waals surface area contributed by atoms with Crippen molar-refractivity contribution in [2.24, 2.45) is 0 Å². The molecule has 1 rings (SSSR count). The average molecular weight is 196 g/mol. The SMILES string of the molecule is CC(C)c1cc(C(=O)O)nn1C(C)C. The van der Waals surface area contributed by atoms with Crippen LogP contribution < -0.4 is 0 Å². The van der Waals surface area contributed by atoms with Gasteiger partial charge in [0.2, 0.25) is 0 Å². The molecule has 0 aliphatic carbocycles. The quantitative estimate of drug-likeness (QED) is 0.806. The molecule has 1 aromatic heterocycles. The summed E-state index contributed by atoms with van der Waals surface area (Å²) in [5.74, 6) is -0.677. The molecule has 1 aromatic rings. The number of carbonyl (C=O) groups is 1. The van der Waals surface area contributed by atoms with Crippen LogP contribution in [0.3, 0.4) is 0 Å². The van der Waals surface area contributed by atoms with Crippen LogP contribution in [0.5, 0.6) is 0 Å². The third kappa shape index (κ3) is 1.95. The van der Waals surface area contributed by atoms with Gasteiger partial charge in [-0.2, -0.15) is 5.10 Å². The Morgan fingerprint density at radius 3 is 2.29 bits per heavy atom. The molecule has 0 aliphatic heterocycles. The van der Waals surface area contributed by atoms with Crippen LogP contribution in [-0.2, 0) is 0 Å². The predicted octanol–water partition coefficient (Wildman–Crippen LogP) is 2.29. The van der Waals surface area contributed by atoms with Crippen LogP contribution >= 0.6 is 0 Å². The Hall–Kier alpha value is -1.32. The summed E-state index contributed by atoms with van der Waals surface area (Å²) in [6, 6.07) is 1.84. The third-order valence-corrected chi connectivity index (χ3v) is 2.06. The molecule has 0 radical (unpaired) electrons. The van der Waals surface area contributed by atoms with E-state index in [-0.39, 0.29) is 17.7 Å². The van der Waals surface area contributed by atoms with Gasteiger partial charge < -0.3 is 5.11 Å². The first kappa shape index (κ1) is 10.8. The summed E-state index contributed by atoms with van der Waals surface area (Å²) < 4.78 is 1.77. The van der Waals surface area contributed by atoms with Gasteiger partial charge in [0.1, 0.15) is 0 Å². The topological polar surface area (TPSA) is 55.1 Å². The monoisotopic (exact) mass is 196 g/mol. The first-order valence-corrected chi connectivity index (χ1v) is 4.76. The van der Waals surface area contributed by atoms with Crippen molar-refractivity contribution in [1.82, 2.24) is 9.78 Å². The predicted molar refractivity (Wildman–Crippen MR) is 53.7 cm³/mol. The maximum atomic E-state index is 10.7. The van der Waals surface area contributed by atoms with Gasteiger partial charge in [-0.05, 0) is 25.8 Å². The summed E-state index contributed by atoms with van der Waals surface area (Å²) in [5.41, 5.74) is 1.10. The molecule has 0 fully saturated rings. The first-order chi connectivity index (χ1) is 6.43. The van der Waals surface area contributed by atoms with Crippen molar-refractivity contribution >= 4 is 5.97 Å². The number of nitrogens with zero attached hydrogens (tertiary/aromatic N) is 2. The Morgan fingerprint density at radius 2 is 2.00 bits per heavy atom. The molecular weight excluding hydrogens is 180 g/mol. The lowest BCUT2D eigenvalue weighted by Gasteiger charge is -2.12. The van der Waals surface area contributed by atoms with Gasteiger partial charge in [-0.1, -0.05) is 13.8 Å². The van der Waals surface area contributed by atoms with Gasteiger partial charge in [-0.15, -0.1) is 0 Å². The Balaban J connectivity index is 3.19. The molecule has 0 spiro atoms. The fourth-order valence-electron chi connectivity index (χ4n) is 1.36. The van der Waals surface area contributed by atoms with E-state index >= 15 is 0 Å². The highest BCUT2D eigenvalue weighted by molar-refractivity contribution is 5.85. The Labute approximate surface area is 83.5 Å². The van der Waals surface area contributed by atoms with Gasteiger partial charge in [0.25, 0.3) is 0 Å². The van der Waals surface area contributed by atoms with E-state index in [1.54, 1.807) is 10.7 Å². The molecule has 1 N–H and O–H groups in total. The molecule has 0 atom stereocenters. The second kappa shape index (κ2) is 3.82. The Kier molecular flexibility index (Phi) is 2.93. The van der Waals surface area contributed by atoms with Crippen molar-refractivity contribution in [1.29, 1.82) is 0 Å². The number of aromatic carboxylic acids is 1. The van der Waals surface area contributed by atoms with Gasteiger partial charge in [0.15, 0.2) is 5.69 Å². The summed E-state index contributed by atoms with van der Waals surface area (Å²) in [6.07, 6.45) is 0. The zero-order valence-electron chi connectivity index (χ0n) is 8.98. The zero-order chi connectivity index (χ0) is 10.9. The van der Waals surface area contributed by atoms with E-state index in [2.05, 4.69) is 5.10 Å². The van der Waals surface area contributed by atoms with Crippen molar-refractivity contribution in [3.05, 3.63) is 17.5 Å². The molecular formula is C10H16N2O2. The van der Waals surface area contributed by atoms with Gasteiger partial charge in [-0.3, -0.25) is 4.68 Å². The van der Waals surface area contributed by atoms with E-state index in [9.17, 15) is 4.79 Å². The fraction of sp³-hybridized carbons (Fsp3) is 0.600. The minimum atomic E-state index is -0.966. The summed E-state index contributed by atoms with van der Waals surface area (Å²) in [7, 11) is 0. The van der Waals surface area contributed by atoms with Gasteiger partial charge >= 0.3 is 5.97 Å². The zero-order valence-corrected chi connectivity index (χ0v) is 8.98.